The van der Waals surface area contributed by atoms with E-state index in [1.807, 2.05) is 31.2 Å². The summed E-state index contributed by atoms with van der Waals surface area (Å²) in [7, 11) is 0. The Balaban J connectivity index is 2.19. The maximum Gasteiger partial charge on any atom is 0.168 e. The smallest absolute Gasteiger partial charge is 0.168 e. The van der Waals surface area contributed by atoms with Crippen LogP contribution >= 0.6 is 15.9 Å². The minimum atomic E-state index is 0.0886. The van der Waals surface area contributed by atoms with Crippen molar-refractivity contribution in [2.75, 3.05) is 5.73 Å². The van der Waals surface area contributed by atoms with E-state index in [4.69, 9.17) is 5.73 Å². The van der Waals surface area contributed by atoms with E-state index in [1.54, 1.807) is 18.2 Å². The van der Waals surface area contributed by atoms with Crippen molar-refractivity contribution < 1.29 is 4.79 Å². The first-order chi connectivity index (χ1) is 8.56. The van der Waals surface area contributed by atoms with E-state index in [2.05, 4.69) is 15.9 Å². The summed E-state index contributed by atoms with van der Waals surface area (Å²) in [4.78, 5) is 12.2. The summed E-state index contributed by atoms with van der Waals surface area (Å²) in [5.74, 6) is 0.0886. The molecule has 0 saturated heterocycles. The number of rotatable bonds is 3. The van der Waals surface area contributed by atoms with Gasteiger partial charge in [0.2, 0.25) is 0 Å². The van der Waals surface area contributed by atoms with Crippen LogP contribution in [0, 0.1) is 6.92 Å². The molecule has 18 heavy (non-hydrogen) atoms. The normalized spacial score (nSPS) is 10.3. The summed E-state index contributed by atoms with van der Waals surface area (Å²) in [5.41, 5.74) is 9.19. The van der Waals surface area contributed by atoms with Crippen LogP contribution in [0.4, 0.5) is 5.69 Å². The molecule has 0 atom stereocenters. The molecule has 2 aromatic carbocycles. The van der Waals surface area contributed by atoms with E-state index < -0.39 is 0 Å². The number of hydrogen-bond acceptors (Lipinski definition) is 2. The molecule has 0 aliphatic heterocycles. The maximum atomic E-state index is 12.2. The highest BCUT2D eigenvalue weighted by Gasteiger charge is 2.10. The first-order valence-corrected chi connectivity index (χ1v) is 6.49. The monoisotopic (exact) mass is 303 g/mol. The van der Waals surface area contributed by atoms with Gasteiger partial charge >= 0.3 is 0 Å². The lowest BCUT2D eigenvalue weighted by molar-refractivity contribution is 0.0992. The second-order valence-electron chi connectivity index (χ2n) is 4.32. The van der Waals surface area contributed by atoms with Crippen molar-refractivity contribution in [2.45, 2.75) is 13.3 Å². The molecular formula is C15H14BrNO. The van der Waals surface area contributed by atoms with E-state index in [0.29, 0.717) is 17.7 Å². The molecule has 0 unspecified atom stereocenters. The molecule has 0 aliphatic carbocycles. The van der Waals surface area contributed by atoms with Gasteiger partial charge in [0.25, 0.3) is 0 Å². The summed E-state index contributed by atoms with van der Waals surface area (Å²) in [5, 5.41) is 0. The summed E-state index contributed by atoms with van der Waals surface area (Å²) in [6, 6.07) is 13.3. The van der Waals surface area contributed by atoms with E-state index in [1.165, 1.54) is 5.56 Å². The second-order valence-corrected chi connectivity index (χ2v) is 5.18. The highest BCUT2D eigenvalue weighted by Crippen LogP contribution is 2.21. The number of benzene rings is 2. The number of halogens is 1. The molecule has 2 nitrogen and oxygen atoms in total. The van der Waals surface area contributed by atoms with Crippen molar-refractivity contribution in [3.8, 4) is 0 Å². The van der Waals surface area contributed by atoms with E-state index in [0.717, 1.165) is 10.0 Å². The van der Waals surface area contributed by atoms with Crippen LogP contribution in [0.2, 0.25) is 0 Å². The molecular weight excluding hydrogens is 290 g/mol. The van der Waals surface area contributed by atoms with Gasteiger partial charge < -0.3 is 5.73 Å². The molecule has 0 aromatic heterocycles. The highest BCUT2D eigenvalue weighted by molar-refractivity contribution is 9.10. The molecule has 0 bridgehead atoms. The average Bonchev–Trinajstić information content (AvgIpc) is 2.32. The summed E-state index contributed by atoms with van der Waals surface area (Å²) >= 11 is 3.37. The molecule has 2 rings (SSSR count). The summed E-state index contributed by atoms with van der Waals surface area (Å²) < 4.78 is 0.750. The van der Waals surface area contributed by atoms with Crippen LogP contribution < -0.4 is 5.73 Å². The number of aryl methyl sites for hydroxylation is 1. The third-order valence-corrected chi connectivity index (χ3v) is 3.43. The lowest BCUT2D eigenvalue weighted by Gasteiger charge is -2.05. The van der Waals surface area contributed by atoms with Crippen molar-refractivity contribution >= 4 is 27.4 Å². The molecule has 0 amide bonds. The number of carbonyl (C=O) groups is 1. The Kier molecular flexibility index (Phi) is 3.82. The lowest BCUT2D eigenvalue weighted by Crippen LogP contribution is -2.05. The second kappa shape index (κ2) is 5.36. The van der Waals surface area contributed by atoms with Crippen molar-refractivity contribution in [3.63, 3.8) is 0 Å². The van der Waals surface area contributed by atoms with Gasteiger partial charge in [0.15, 0.2) is 5.78 Å². The first-order valence-electron chi connectivity index (χ1n) is 5.70. The number of ketones is 1. The van der Waals surface area contributed by atoms with Gasteiger partial charge in [0, 0.05) is 22.1 Å². The predicted molar refractivity (Wildman–Crippen MR) is 77.8 cm³/mol. The van der Waals surface area contributed by atoms with E-state index >= 15 is 0 Å². The molecule has 3 heteroatoms. The predicted octanol–water partition coefficient (Wildman–Crippen LogP) is 3.77. The fourth-order valence-electron chi connectivity index (χ4n) is 1.74. The minimum Gasteiger partial charge on any atom is -0.399 e. The number of hydrogen-bond donors (Lipinski definition) is 1. The van der Waals surface area contributed by atoms with Crippen molar-refractivity contribution in [2.24, 2.45) is 0 Å². The van der Waals surface area contributed by atoms with Gasteiger partial charge in [-0.1, -0.05) is 29.8 Å². The van der Waals surface area contributed by atoms with Gasteiger partial charge in [-0.2, -0.15) is 0 Å². The first kappa shape index (κ1) is 12.8. The van der Waals surface area contributed by atoms with Crippen LogP contribution in [0.1, 0.15) is 21.5 Å². The van der Waals surface area contributed by atoms with Crippen LogP contribution in [0.15, 0.2) is 46.9 Å². The molecule has 2 aromatic rings. The topological polar surface area (TPSA) is 43.1 Å². The summed E-state index contributed by atoms with van der Waals surface area (Å²) in [6.07, 6.45) is 0.406. The Bertz CT molecular complexity index is 576. The van der Waals surface area contributed by atoms with Gasteiger partial charge in [-0.25, -0.2) is 0 Å². The van der Waals surface area contributed by atoms with E-state index in [-0.39, 0.29) is 5.78 Å². The van der Waals surface area contributed by atoms with Crippen LogP contribution in [-0.2, 0) is 6.42 Å². The Morgan fingerprint density at radius 3 is 2.44 bits per heavy atom. The van der Waals surface area contributed by atoms with Gasteiger partial charge in [0.05, 0.1) is 0 Å². The van der Waals surface area contributed by atoms with E-state index in [9.17, 15) is 4.79 Å². The largest absolute Gasteiger partial charge is 0.399 e. The molecule has 0 aliphatic rings. The average molecular weight is 304 g/mol. The Hall–Kier alpha value is -1.61. The van der Waals surface area contributed by atoms with Gasteiger partial charge in [0.1, 0.15) is 0 Å². The number of Topliss-reactive ketones (excluding diaryl/α,β-unsaturated/α-hetero) is 1. The molecule has 2 N–H and O–H groups in total. The molecule has 0 spiro atoms. The number of nitrogen functional groups attached to an aromatic ring is 1. The molecule has 0 heterocycles. The molecule has 0 radical (unpaired) electrons. The fraction of sp³-hybridized carbons (Fsp3) is 0.133. The minimum absolute atomic E-state index is 0.0886. The Morgan fingerprint density at radius 1 is 1.17 bits per heavy atom. The lowest BCUT2D eigenvalue weighted by atomic mass is 10.0. The molecule has 0 fully saturated rings. The number of carbonyl (C=O) groups excluding carboxylic acids is 1. The van der Waals surface area contributed by atoms with Gasteiger partial charge in [-0.05, 0) is 46.6 Å². The summed E-state index contributed by atoms with van der Waals surface area (Å²) in [6.45, 7) is 2.03. The van der Waals surface area contributed by atoms with Crippen LogP contribution in [0.5, 0.6) is 0 Å². The van der Waals surface area contributed by atoms with Crippen LogP contribution in [0.3, 0.4) is 0 Å². The third kappa shape index (κ3) is 2.99. The zero-order chi connectivity index (χ0) is 13.1. The Morgan fingerprint density at radius 2 is 1.83 bits per heavy atom. The standard InChI is InChI=1S/C15H14BrNO/c1-10-2-4-11(5-3-10)8-15(18)13-7-6-12(17)9-14(13)16/h2-7,9H,8,17H2,1H3. The molecule has 92 valence electrons. The fourth-order valence-corrected chi connectivity index (χ4v) is 2.36. The number of anilines is 1. The van der Waals surface area contributed by atoms with Gasteiger partial charge in [-0.3, -0.25) is 4.79 Å². The van der Waals surface area contributed by atoms with Crippen molar-refractivity contribution in [3.05, 3.63) is 63.6 Å². The SMILES string of the molecule is Cc1ccc(CC(=O)c2ccc(N)cc2Br)cc1. The van der Waals surface area contributed by atoms with Gasteiger partial charge in [-0.15, -0.1) is 0 Å². The zero-order valence-electron chi connectivity index (χ0n) is 10.1. The number of nitrogens with two attached hydrogens (primary N) is 1. The van der Waals surface area contributed by atoms with Crippen molar-refractivity contribution in [1.29, 1.82) is 0 Å². The quantitative estimate of drug-likeness (QED) is 0.693. The zero-order valence-corrected chi connectivity index (χ0v) is 11.7. The van der Waals surface area contributed by atoms with Crippen LogP contribution in [0.25, 0.3) is 0 Å². The third-order valence-electron chi connectivity index (χ3n) is 2.78. The molecule has 0 saturated carbocycles. The maximum absolute atomic E-state index is 12.2. The van der Waals surface area contributed by atoms with Crippen molar-refractivity contribution in [1.82, 2.24) is 0 Å². The highest BCUT2D eigenvalue weighted by atomic mass is 79.9. The van der Waals surface area contributed by atoms with Crippen LogP contribution in [-0.4, -0.2) is 5.78 Å². The Labute approximate surface area is 115 Å².